The molecule has 166 valence electrons. The average molecular weight is 442 g/mol. The van der Waals surface area contributed by atoms with Gasteiger partial charge in [0.05, 0.1) is 5.56 Å². The second-order valence-corrected chi connectivity index (χ2v) is 7.93. The molecule has 2 aromatic rings. The molecule has 0 heterocycles. The first-order chi connectivity index (χ1) is 14.6. The molecular weight excluding hydrogens is 421 g/mol. The Morgan fingerprint density at radius 1 is 0.806 bits per heavy atom. The number of hydrogen-bond donors (Lipinski definition) is 0. The Bertz CT molecular complexity index is 957. The third-order valence-corrected chi connectivity index (χ3v) is 5.74. The molecule has 0 N–H and O–H groups in total. The van der Waals surface area contributed by atoms with E-state index in [4.69, 9.17) is 0 Å². The lowest BCUT2D eigenvalue weighted by Crippen LogP contribution is -2.13. The van der Waals surface area contributed by atoms with E-state index in [1.165, 1.54) is 12.1 Å². The molecule has 1 aliphatic rings. The van der Waals surface area contributed by atoms with Crippen molar-refractivity contribution in [3.8, 4) is 11.8 Å². The molecule has 0 aliphatic heterocycles. The van der Waals surface area contributed by atoms with Gasteiger partial charge in [-0.1, -0.05) is 31.6 Å². The average Bonchev–Trinajstić information content (AvgIpc) is 2.66. The van der Waals surface area contributed by atoms with E-state index in [1.54, 1.807) is 0 Å². The van der Waals surface area contributed by atoms with Crippen LogP contribution in [0.5, 0.6) is 0 Å². The first-order valence-electron chi connectivity index (χ1n) is 10.2. The van der Waals surface area contributed by atoms with E-state index in [0.29, 0.717) is 23.6 Å². The lowest BCUT2D eigenvalue weighted by atomic mass is 9.77. The van der Waals surface area contributed by atoms with Crippen LogP contribution in [0.2, 0.25) is 0 Å². The van der Waals surface area contributed by atoms with E-state index >= 15 is 0 Å². The molecule has 0 spiro atoms. The van der Waals surface area contributed by atoms with E-state index in [0.717, 1.165) is 38.5 Å². The van der Waals surface area contributed by atoms with Crippen LogP contribution >= 0.6 is 0 Å². The zero-order valence-electron chi connectivity index (χ0n) is 16.9. The van der Waals surface area contributed by atoms with Crippen molar-refractivity contribution >= 4 is 0 Å². The van der Waals surface area contributed by atoms with Crippen LogP contribution in [-0.2, 0) is 6.18 Å². The van der Waals surface area contributed by atoms with Crippen molar-refractivity contribution in [3.05, 3.63) is 69.8 Å². The number of hydrogen-bond acceptors (Lipinski definition) is 0. The highest BCUT2D eigenvalue weighted by atomic mass is 19.4. The van der Waals surface area contributed by atoms with Gasteiger partial charge in [0, 0.05) is 5.56 Å². The Hall–Kier alpha value is -2.49. The second-order valence-electron chi connectivity index (χ2n) is 7.93. The van der Waals surface area contributed by atoms with Gasteiger partial charge in [0.15, 0.2) is 0 Å². The topological polar surface area (TPSA) is 0 Å². The predicted octanol–water partition coefficient (Wildman–Crippen LogP) is 7.74. The van der Waals surface area contributed by atoms with Gasteiger partial charge in [-0.2, -0.15) is 13.2 Å². The lowest BCUT2D eigenvalue weighted by molar-refractivity contribution is -0.142. The monoisotopic (exact) mass is 442 g/mol. The van der Waals surface area contributed by atoms with Crippen LogP contribution in [0.1, 0.15) is 73.6 Å². The summed E-state index contributed by atoms with van der Waals surface area (Å²) in [7, 11) is 0. The number of benzene rings is 2. The molecule has 0 saturated heterocycles. The smallest absolute Gasteiger partial charge is 0.206 e. The first-order valence-corrected chi connectivity index (χ1v) is 10.2. The highest BCUT2D eigenvalue weighted by Crippen LogP contribution is 2.38. The molecule has 0 atom stereocenters. The van der Waals surface area contributed by atoms with Crippen LogP contribution in [0.15, 0.2) is 24.3 Å². The molecule has 7 heteroatoms. The quantitative estimate of drug-likeness (QED) is 0.337. The van der Waals surface area contributed by atoms with Gasteiger partial charge in [0.2, 0.25) is 0 Å². The fourth-order valence-corrected chi connectivity index (χ4v) is 4.19. The Kier molecular flexibility index (Phi) is 6.98. The van der Waals surface area contributed by atoms with Crippen LogP contribution in [0.3, 0.4) is 0 Å². The third kappa shape index (κ3) is 5.41. The SMILES string of the molecule is CCCC1CCC(c2cc(F)c(C#Cc3cc(F)c(C(F)(F)F)c(F)c3)c(F)c2)CC1. The minimum atomic E-state index is -5.20. The molecule has 1 saturated carbocycles. The van der Waals surface area contributed by atoms with Crippen molar-refractivity contribution < 1.29 is 30.7 Å². The van der Waals surface area contributed by atoms with E-state index in [-0.39, 0.29) is 5.92 Å². The second kappa shape index (κ2) is 9.33. The fraction of sp³-hybridized carbons (Fsp3) is 0.417. The largest absolute Gasteiger partial charge is 0.422 e. The van der Waals surface area contributed by atoms with Gasteiger partial charge in [0.25, 0.3) is 0 Å². The standard InChI is InChI=1S/C24H21F7/c1-2-3-14-4-7-16(8-5-14)17-12-19(25)18(20(26)13-17)9-6-15-10-21(27)23(22(28)11-15)24(29,30)31/h10-14,16H,2-5,7-8H2,1H3. The Balaban J connectivity index is 1.83. The summed E-state index contributed by atoms with van der Waals surface area (Å²) in [5.74, 6) is -0.513. The molecule has 2 aromatic carbocycles. The van der Waals surface area contributed by atoms with Crippen LogP contribution in [0.25, 0.3) is 0 Å². The van der Waals surface area contributed by atoms with Crippen molar-refractivity contribution in [1.82, 2.24) is 0 Å². The summed E-state index contributed by atoms with van der Waals surface area (Å²) < 4.78 is 94.2. The zero-order valence-corrected chi connectivity index (χ0v) is 16.9. The van der Waals surface area contributed by atoms with Gasteiger partial charge in [-0.05, 0) is 67.3 Å². The van der Waals surface area contributed by atoms with Crippen LogP contribution < -0.4 is 0 Å². The fourth-order valence-electron chi connectivity index (χ4n) is 4.19. The summed E-state index contributed by atoms with van der Waals surface area (Å²) in [6, 6.07) is 3.20. The molecule has 0 nitrogen and oxygen atoms in total. The summed E-state index contributed by atoms with van der Waals surface area (Å²) in [5, 5.41) is 0. The highest BCUT2D eigenvalue weighted by molar-refractivity contribution is 5.46. The van der Waals surface area contributed by atoms with Crippen molar-refractivity contribution in [3.63, 3.8) is 0 Å². The highest BCUT2D eigenvalue weighted by Gasteiger charge is 2.37. The minimum Gasteiger partial charge on any atom is -0.206 e. The molecule has 1 fully saturated rings. The van der Waals surface area contributed by atoms with E-state index in [2.05, 4.69) is 18.8 Å². The molecule has 0 radical (unpaired) electrons. The molecule has 3 rings (SSSR count). The van der Waals surface area contributed by atoms with Gasteiger partial charge in [-0.15, -0.1) is 0 Å². The summed E-state index contributed by atoms with van der Waals surface area (Å²) in [5.41, 5.74) is -2.54. The maximum absolute atomic E-state index is 14.5. The van der Waals surface area contributed by atoms with Gasteiger partial charge >= 0.3 is 6.18 Å². The van der Waals surface area contributed by atoms with Gasteiger partial charge < -0.3 is 0 Å². The van der Waals surface area contributed by atoms with Crippen molar-refractivity contribution in [2.45, 2.75) is 57.5 Å². The van der Waals surface area contributed by atoms with Crippen LogP contribution in [-0.4, -0.2) is 0 Å². The van der Waals surface area contributed by atoms with E-state index in [9.17, 15) is 30.7 Å². The minimum absolute atomic E-state index is 0.0530. The van der Waals surface area contributed by atoms with Crippen molar-refractivity contribution in [2.75, 3.05) is 0 Å². The Labute approximate surface area is 176 Å². The predicted molar refractivity (Wildman–Crippen MR) is 103 cm³/mol. The molecule has 0 unspecified atom stereocenters. The molecule has 31 heavy (non-hydrogen) atoms. The van der Waals surface area contributed by atoms with E-state index in [1.807, 2.05) is 0 Å². The molecule has 1 aliphatic carbocycles. The molecule has 0 aromatic heterocycles. The van der Waals surface area contributed by atoms with Crippen molar-refractivity contribution in [1.29, 1.82) is 0 Å². The maximum atomic E-state index is 14.5. The summed E-state index contributed by atoms with van der Waals surface area (Å²) in [6.07, 6.45) is 0.762. The summed E-state index contributed by atoms with van der Waals surface area (Å²) in [4.78, 5) is 0. The Morgan fingerprint density at radius 2 is 1.35 bits per heavy atom. The van der Waals surface area contributed by atoms with Crippen LogP contribution in [0.4, 0.5) is 30.7 Å². The number of rotatable bonds is 3. The number of halogens is 7. The maximum Gasteiger partial charge on any atom is 0.422 e. The zero-order chi connectivity index (χ0) is 22.8. The van der Waals surface area contributed by atoms with Crippen LogP contribution in [0, 0.1) is 41.0 Å². The molecule has 0 amide bonds. The lowest BCUT2D eigenvalue weighted by Gasteiger charge is -2.28. The summed E-state index contributed by atoms with van der Waals surface area (Å²) >= 11 is 0. The third-order valence-electron chi connectivity index (χ3n) is 5.74. The normalized spacial score (nSPS) is 19.1. The van der Waals surface area contributed by atoms with Gasteiger partial charge in [-0.25, -0.2) is 17.6 Å². The van der Waals surface area contributed by atoms with Crippen molar-refractivity contribution in [2.24, 2.45) is 5.92 Å². The molecular formula is C24H21F7. The van der Waals surface area contributed by atoms with E-state index < -0.39 is 46.1 Å². The van der Waals surface area contributed by atoms with Gasteiger partial charge in [0.1, 0.15) is 28.8 Å². The summed E-state index contributed by atoms with van der Waals surface area (Å²) in [6.45, 7) is 2.13. The number of alkyl halides is 3. The Morgan fingerprint density at radius 3 is 1.84 bits per heavy atom. The first kappa shape index (κ1) is 23.2. The molecule has 0 bridgehead atoms. The van der Waals surface area contributed by atoms with Gasteiger partial charge in [-0.3, -0.25) is 0 Å².